The standard InChI is InChI=1S/C32H31ClF2N8O2/c33-28-15-26(40-12-10-39(11-13-40)25-4-2-1-3-5-25)7-9-30(28)42-22-38-43(31(42)44)17-23-16-32(45-18-23,19-41-21-36-20-37-41)27-8-6-24(34)14-29(27)35/h1-9,14-15,20-23H,10-13,16-19H2/t23-,32-/m0/s1. The minimum atomic E-state index is -1.12. The lowest BCUT2D eigenvalue weighted by atomic mass is 9.86. The zero-order valence-electron chi connectivity index (χ0n) is 24.3. The van der Waals surface area contributed by atoms with Gasteiger partial charge in [-0.25, -0.2) is 32.5 Å². The van der Waals surface area contributed by atoms with Gasteiger partial charge in [-0.15, -0.1) is 0 Å². The summed E-state index contributed by atoms with van der Waals surface area (Å²) in [5.74, 6) is -1.55. The van der Waals surface area contributed by atoms with Gasteiger partial charge >= 0.3 is 5.69 Å². The van der Waals surface area contributed by atoms with E-state index in [1.807, 2.05) is 24.3 Å². The Morgan fingerprint density at radius 3 is 2.40 bits per heavy atom. The number of benzene rings is 3. The molecule has 2 aromatic heterocycles. The van der Waals surface area contributed by atoms with Crippen molar-refractivity contribution in [3.8, 4) is 5.69 Å². The Balaban J connectivity index is 1.06. The fourth-order valence-electron chi connectivity index (χ4n) is 6.42. The molecule has 0 bridgehead atoms. The summed E-state index contributed by atoms with van der Waals surface area (Å²) in [5, 5.41) is 8.96. The summed E-state index contributed by atoms with van der Waals surface area (Å²) >= 11 is 6.73. The third kappa shape index (κ3) is 5.83. The Morgan fingerprint density at radius 2 is 1.69 bits per heavy atom. The third-order valence-electron chi connectivity index (χ3n) is 8.64. The van der Waals surface area contributed by atoms with Crippen molar-refractivity contribution in [2.45, 2.75) is 25.1 Å². The van der Waals surface area contributed by atoms with E-state index in [9.17, 15) is 9.18 Å². The van der Waals surface area contributed by atoms with Crippen LogP contribution in [0.4, 0.5) is 20.2 Å². The van der Waals surface area contributed by atoms with Crippen LogP contribution >= 0.6 is 11.6 Å². The van der Waals surface area contributed by atoms with Crippen molar-refractivity contribution in [3.05, 3.63) is 118 Å². The first-order chi connectivity index (χ1) is 21.9. The van der Waals surface area contributed by atoms with Crippen molar-refractivity contribution in [3.63, 3.8) is 0 Å². The fraction of sp³-hybridized carbons (Fsp3) is 0.312. The van der Waals surface area contributed by atoms with Gasteiger partial charge in [-0.2, -0.15) is 10.2 Å². The summed E-state index contributed by atoms with van der Waals surface area (Å²) < 4.78 is 39.3. The van der Waals surface area contributed by atoms with Crippen LogP contribution in [-0.4, -0.2) is 61.9 Å². The Morgan fingerprint density at radius 1 is 0.911 bits per heavy atom. The Labute approximate surface area is 263 Å². The molecular weight excluding hydrogens is 602 g/mol. The largest absolute Gasteiger partial charge is 0.368 e. The van der Waals surface area contributed by atoms with Crippen molar-refractivity contribution < 1.29 is 13.5 Å². The van der Waals surface area contributed by atoms with Gasteiger partial charge in [-0.3, -0.25) is 0 Å². The highest BCUT2D eigenvalue weighted by atomic mass is 35.5. The van der Waals surface area contributed by atoms with Gasteiger partial charge in [0.05, 0.1) is 30.4 Å². The molecule has 232 valence electrons. The van der Waals surface area contributed by atoms with E-state index in [1.165, 1.54) is 46.1 Å². The van der Waals surface area contributed by atoms with Gasteiger partial charge in [0, 0.05) is 55.1 Å². The van der Waals surface area contributed by atoms with E-state index in [2.05, 4.69) is 49.2 Å². The lowest BCUT2D eigenvalue weighted by molar-refractivity contribution is -0.0205. The van der Waals surface area contributed by atoms with Crippen molar-refractivity contribution in [2.75, 3.05) is 42.6 Å². The molecule has 0 amide bonds. The van der Waals surface area contributed by atoms with Gasteiger partial charge in [0.25, 0.3) is 0 Å². The van der Waals surface area contributed by atoms with Crippen LogP contribution < -0.4 is 15.5 Å². The topological polar surface area (TPSA) is 86.2 Å². The number of halogens is 3. The van der Waals surface area contributed by atoms with Crippen molar-refractivity contribution in [1.29, 1.82) is 0 Å². The summed E-state index contributed by atoms with van der Waals surface area (Å²) in [6.07, 6.45) is 4.73. The molecule has 45 heavy (non-hydrogen) atoms. The number of rotatable bonds is 8. The van der Waals surface area contributed by atoms with Crippen LogP contribution in [0.1, 0.15) is 12.0 Å². The van der Waals surface area contributed by atoms with Gasteiger partial charge in [-0.05, 0) is 42.8 Å². The molecule has 2 saturated heterocycles. The molecular formula is C32H31ClF2N8O2. The molecule has 2 atom stereocenters. The van der Waals surface area contributed by atoms with Crippen molar-refractivity contribution in [2.24, 2.45) is 5.92 Å². The van der Waals surface area contributed by atoms with E-state index >= 15 is 4.39 Å². The first kappa shape index (κ1) is 29.2. The maximum absolute atomic E-state index is 15.0. The summed E-state index contributed by atoms with van der Waals surface area (Å²) in [7, 11) is 0. The number of nitrogens with zero attached hydrogens (tertiary/aromatic N) is 8. The Bertz CT molecular complexity index is 1840. The van der Waals surface area contributed by atoms with E-state index in [0.29, 0.717) is 17.1 Å². The van der Waals surface area contributed by atoms with Gasteiger partial charge in [0.15, 0.2) is 0 Å². The predicted octanol–water partition coefficient (Wildman–Crippen LogP) is 4.52. The monoisotopic (exact) mass is 632 g/mol. The van der Waals surface area contributed by atoms with Gasteiger partial charge < -0.3 is 14.5 Å². The molecule has 4 heterocycles. The maximum Gasteiger partial charge on any atom is 0.350 e. The number of hydrogen-bond donors (Lipinski definition) is 0. The highest BCUT2D eigenvalue weighted by molar-refractivity contribution is 6.32. The van der Waals surface area contributed by atoms with Gasteiger partial charge in [0.2, 0.25) is 0 Å². The summed E-state index contributed by atoms with van der Waals surface area (Å²) in [4.78, 5) is 22.1. The average Bonchev–Trinajstić information content (AvgIpc) is 3.80. The maximum atomic E-state index is 15.0. The SMILES string of the molecule is O=c1n(-c2ccc(N3CCN(c4ccccc4)CC3)cc2Cl)cnn1C[C@H]1CO[C@@](Cn2cncn2)(c2ccc(F)cc2F)C1. The summed E-state index contributed by atoms with van der Waals surface area (Å²) in [6, 6.07) is 19.5. The molecule has 0 saturated carbocycles. The Kier molecular flexibility index (Phi) is 7.84. The first-order valence-electron chi connectivity index (χ1n) is 14.8. The van der Waals surface area contributed by atoms with Crippen molar-refractivity contribution >= 4 is 23.0 Å². The molecule has 0 N–H and O–H groups in total. The molecule has 2 fully saturated rings. The summed E-state index contributed by atoms with van der Waals surface area (Å²) in [6.45, 7) is 4.17. The molecule has 0 aliphatic carbocycles. The van der Waals surface area contributed by atoms with Crippen LogP contribution in [0.15, 0.2) is 90.5 Å². The molecule has 10 nitrogen and oxygen atoms in total. The van der Waals surface area contributed by atoms with Gasteiger partial charge in [-0.1, -0.05) is 35.9 Å². The number of hydrogen-bond acceptors (Lipinski definition) is 7. The number of para-hydroxylation sites is 1. The van der Waals surface area contributed by atoms with Crippen molar-refractivity contribution in [1.82, 2.24) is 29.1 Å². The lowest BCUT2D eigenvalue weighted by Gasteiger charge is -2.37. The van der Waals surface area contributed by atoms with Gasteiger partial charge in [0.1, 0.15) is 36.2 Å². The molecule has 0 radical (unpaired) electrons. The molecule has 7 rings (SSSR count). The number of ether oxygens (including phenoxy) is 1. The number of aromatic nitrogens is 6. The van der Waals surface area contributed by atoms with Crippen LogP contribution in [-0.2, 0) is 23.4 Å². The van der Waals surface area contributed by atoms with E-state index < -0.39 is 17.2 Å². The second-order valence-corrected chi connectivity index (χ2v) is 11.9. The highest BCUT2D eigenvalue weighted by Crippen LogP contribution is 2.42. The smallest absolute Gasteiger partial charge is 0.350 e. The minimum Gasteiger partial charge on any atom is -0.368 e. The minimum absolute atomic E-state index is 0.175. The van der Waals surface area contributed by atoms with Crippen LogP contribution in [0.3, 0.4) is 0 Å². The molecule has 13 heteroatoms. The lowest BCUT2D eigenvalue weighted by Crippen LogP contribution is -2.46. The van der Waals surface area contributed by atoms with E-state index in [-0.39, 0.29) is 36.9 Å². The van der Waals surface area contributed by atoms with Crippen LogP contribution in [0, 0.1) is 17.6 Å². The average molecular weight is 633 g/mol. The summed E-state index contributed by atoms with van der Waals surface area (Å²) in [5.41, 5.74) is 1.52. The van der Waals surface area contributed by atoms with Crippen LogP contribution in [0.2, 0.25) is 5.02 Å². The Hall–Kier alpha value is -4.55. The molecule has 2 aliphatic heterocycles. The van der Waals surface area contributed by atoms with E-state index in [4.69, 9.17) is 16.3 Å². The number of piperazine rings is 1. The molecule has 0 spiro atoms. The molecule has 2 aliphatic rings. The zero-order valence-corrected chi connectivity index (χ0v) is 25.1. The second-order valence-electron chi connectivity index (χ2n) is 11.5. The van der Waals surface area contributed by atoms with E-state index in [1.54, 1.807) is 4.68 Å². The van der Waals surface area contributed by atoms with Crippen LogP contribution in [0.25, 0.3) is 5.69 Å². The first-order valence-corrected chi connectivity index (χ1v) is 15.2. The van der Waals surface area contributed by atoms with Crippen LogP contribution in [0.5, 0.6) is 0 Å². The molecule has 0 unspecified atom stereocenters. The van der Waals surface area contributed by atoms with E-state index in [0.717, 1.165) is 37.9 Å². The normalized spacial score (nSPS) is 20.2. The molecule has 5 aromatic rings. The third-order valence-corrected chi connectivity index (χ3v) is 8.94. The quantitative estimate of drug-likeness (QED) is 0.249. The fourth-order valence-corrected chi connectivity index (χ4v) is 6.68. The zero-order chi connectivity index (χ0) is 31.0. The number of anilines is 2. The predicted molar refractivity (Wildman–Crippen MR) is 166 cm³/mol. The molecule has 3 aromatic carbocycles. The second kappa shape index (κ2) is 12.1. The highest BCUT2D eigenvalue weighted by Gasteiger charge is 2.44.